The van der Waals surface area contributed by atoms with Gasteiger partial charge in [-0.1, -0.05) is 127 Å². The summed E-state index contributed by atoms with van der Waals surface area (Å²) in [6.07, 6.45) is 0. The molecule has 6 nitrogen and oxygen atoms in total. The highest BCUT2D eigenvalue weighted by Crippen LogP contribution is 2.35. The third-order valence-corrected chi connectivity index (χ3v) is 9.50. The number of rotatable bonds is 6. The van der Waals surface area contributed by atoms with Gasteiger partial charge in [-0.3, -0.25) is 0 Å². The molecule has 3 aromatic heterocycles. The lowest BCUT2D eigenvalue weighted by Gasteiger charge is -2.12. The summed E-state index contributed by atoms with van der Waals surface area (Å²) < 4.78 is 8.74. The molecule has 244 valence electrons. The molecule has 0 atom stereocenters. The van der Waals surface area contributed by atoms with Crippen LogP contribution in [-0.2, 0) is 0 Å². The Balaban J connectivity index is 1.15. The van der Waals surface area contributed by atoms with E-state index in [2.05, 4.69) is 126 Å². The van der Waals surface area contributed by atoms with E-state index in [9.17, 15) is 0 Å². The average Bonchev–Trinajstić information content (AvgIpc) is 3.82. The molecule has 0 bridgehead atoms. The van der Waals surface area contributed by atoms with Crippen molar-refractivity contribution in [1.29, 1.82) is 0 Å². The van der Waals surface area contributed by atoms with Gasteiger partial charge in [0.15, 0.2) is 23.1 Å². The molecular formula is C46H29N5O. The van der Waals surface area contributed by atoms with Gasteiger partial charge in [0.1, 0.15) is 5.52 Å². The normalized spacial score (nSPS) is 11.5. The van der Waals surface area contributed by atoms with Crippen LogP contribution in [-0.4, -0.2) is 24.5 Å². The number of hydrogen-bond donors (Lipinski definition) is 0. The maximum Gasteiger partial charge on any atom is 0.227 e. The van der Waals surface area contributed by atoms with Gasteiger partial charge in [0, 0.05) is 33.2 Å². The second kappa shape index (κ2) is 12.3. The zero-order valence-electron chi connectivity index (χ0n) is 27.9. The van der Waals surface area contributed by atoms with Crippen LogP contribution in [0.25, 0.3) is 95.3 Å². The molecule has 0 unspecified atom stereocenters. The lowest BCUT2D eigenvalue weighted by Crippen LogP contribution is -2.01. The Hall–Kier alpha value is -7.18. The minimum absolute atomic E-state index is 0.510. The summed E-state index contributed by atoms with van der Waals surface area (Å²) in [5.74, 6) is 2.19. The van der Waals surface area contributed by atoms with E-state index in [1.54, 1.807) is 0 Å². The van der Waals surface area contributed by atoms with Crippen LogP contribution in [0.1, 0.15) is 0 Å². The minimum atomic E-state index is 0.510. The lowest BCUT2D eigenvalue weighted by atomic mass is 10.0. The van der Waals surface area contributed by atoms with Gasteiger partial charge in [0.25, 0.3) is 0 Å². The number of benzene rings is 7. The maximum atomic E-state index is 6.43. The second-order valence-electron chi connectivity index (χ2n) is 12.7. The quantitative estimate of drug-likeness (QED) is 0.176. The van der Waals surface area contributed by atoms with E-state index in [1.165, 1.54) is 10.8 Å². The van der Waals surface area contributed by atoms with E-state index < -0.39 is 0 Å². The van der Waals surface area contributed by atoms with Gasteiger partial charge in [-0.15, -0.1) is 0 Å². The number of para-hydroxylation sites is 3. The third-order valence-electron chi connectivity index (χ3n) is 9.50. The fraction of sp³-hybridized carbons (Fsp3) is 0. The first-order valence-electron chi connectivity index (χ1n) is 17.2. The summed E-state index contributed by atoms with van der Waals surface area (Å²) in [4.78, 5) is 20.1. The fourth-order valence-corrected chi connectivity index (χ4v) is 7.01. The van der Waals surface area contributed by atoms with Crippen molar-refractivity contribution in [2.75, 3.05) is 0 Å². The SMILES string of the molecule is c1ccc(-c2ccc(-c3nc(-c4cccc(-n5c6ccccc6c6ccccc65)c4)nc(-c4cccc5nc(-c6ccccc6)oc45)n3)cc2)cc1. The lowest BCUT2D eigenvalue weighted by molar-refractivity contribution is 0.620. The van der Waals surface area contributed by atoms with Crippen molar-refractivity contribution in [3.05, 3.63) is 176 Å². The first-order chi connectivity index (χ1) is 25.8. The topological polar surface area (TPSA) is 69.6 Å². The Morgan fingerprint density at radius 3 is 1.63 bits per heavy atom. The zero-order chi connectivity index (χ0) is 34.4. The average molecular weight is 668 g/mol. The number of aromatic nitrogens is 5. The Kier molecular flexibility index (Phi) is 7.03. The highest BCUT2D eigenvalue weighted by molar-refractivity contribution is 6.09. The van der Waals surface area contributed by atoms with Gasteiger partial charge in [0.2, 0.25) is 5.89 Å². The molecule has 0 N–H and O–H groups in total. The largest absolute Gasteiger partial charge is 0.435 e. The predicted molar refractivity (Wildman–Crippen MR) is 209 cm³/mol. The first kappa shape index (κ1) is 29.7. The van der Waals surface area contributed by atoms with Crippen LogP contribution in [0, 0.1) is 0 Å². The van der Waals surface area contributed by atoms with Gasteiger partial charge >= 0.3 is 0 Å². The molecule has 10 rings (SSSR count). The van der Waals surface area contributed by atoms with Crippen molar-refractivity contribution in [2.45, 2.75) is 0 Å². The monoisotopic (exact) mass is 667 g/mol. The minimum Gasteiger partial charge on any atom is -0.435 e. The van der Waals surface area contributed by atoms with Crippen molar-refractivity contribution in [3.63, 3.8) is 0 Å². The molecule has 0 radical (unpaired) electrons. The molecule has 0 aliphatic carbocycles. The van der Waals surface area contributed by atoms with E-state index in [-0.39, 0.29) is 0 Å². The van der Waals surface area contributed by atoms with E-state index in [4.69, 9.17) is 24.4 Å². The summed E-state index contributed by atoms with van der Waals surface area (Å²) in [5.41, 5.74) is 10.4. The van der Waals surface area contributed by atoms with Crippen molar-refractivity contribution in [2.24, 2.45) is 0 Å². The molecule has 6 heteroatoms. The van der Waals surface area contributed by atoms with Gasteiger partial charge < -0.3 is 8.98 Å². The molecule has 7 aromatic carbocycles. The molecule has 0 amide bonds. The summed E-state index contributed by atoms with van der Waals surface area (Å²) in [6.45, 7) is 0. The van der Waals surface area contributed by atoms with Crippen molar-refractivity contribution >= 4 is 32.9 Å². The van der Waals surface area contributed by atoms with Gasteiger partial charge in [-0.25, -0.2) is 19.9 Å². The molecule has 3 heterocycles. The number of oxazole rings is 1. The van der Waals surface area contributed by atoms with Crippen LogP contribution >= 0.6 is 0 Å². The summed E-state index contributed by atoms with van der Waals surface area (Å²) in [5, 5.41) is 2.42. The summed E-state index contributed by atoms with van der Waals surface area (Å²) >= 11 is 0. The zero-order valence-corrected chi connectivity index (χ0v) is 27.9. The molecule has 10 aromatic rings. The first-order valence-corrected chi connectivity index (χ1v) is 17.2. The predicted octanol–water partition coefficient (Wildman–Crippen LogP) is 11.4. The standard InChI is InChI=1S/C46H29N5O/c1-3-13-30(14-4-1)31-25-27-32(28-26-31)43-48-44(50-45(49-43)38-21-12-22-39-42(38)52-46(47-39)33-15-5-2-6-16-33)34-17-11-18-35(29-34)51-40-23-9-7-19-36(40)37-20-8-10-24-41(37)51/h1-29H. The van der Waals surface area contributed by atoms with Gasteiger partial charge in [-0.2, -0.15) is 0 Å². The van der Waals surface area contributed by atoms with E-state index in [0.29, 0.717) is 28.9 Å². The van der Waals surface area contributed by atoms with Crippen molar-refractivity contribution in [3.8, 4) is 62.4 Å². The fourth-order valence-electron chi connectivity index (χ4n) is 7.01. The Bertz CT molecular complexity index is 2840. The van der Waals surface area contributed by atoms with Crippen LogP contribution in [0.5, 0.6) is 0 Å². The molecular weight excluding hydrogens is 639 g/mol. The molecule has 52 heavy (non-hydrogen) atoms. The highest BCUT2D eigenvalue weighted by atomic mass is 16.3. The Morgan fingerprint density at radius 1 is 0.385 bits per heavy atom. The van der Waals surface area contributed by atoms with E-state index in [1.807, 2.05) is 54.6 Å². The van der Waals surface area contributed by atoms with Gasteiger partial charge in [0.05, 0.1) is 16.6 Å². The van der Waals surface area contributed by atoms with E-state index >= 15 is 0 Å². The number of fused-ring (bicyclic) bond motifs is 4. The summed E-state index contributed by atoms with van der Waals surface area (Å²) in [7, 11) is 0. The summed E-state index contributed by atoms with van der Waals surface area (Å²) in [6, 6.07) is 60.0. The second-order valence-corrected chi connectivity index (χ2v) is 12.7. The smallest absolute Gasteiger partial charge is 0.227 e. The van der Waals surface area contributed by atoms with Gasteiger partial charge in [-0.05, 0) is 59.7 Å². The molecule has 0 fully saturated rings. The van der Waals surface area contributed by atoms with Crippen molar-refractivity contribution in [1.82, 2.24) is 24.5 Å². The van der Waals surface area contributed by atoms with Crippen LogP contribution < -0.4 is 0 Å². The number of nitrogens with zero attached hydrogens (tertiary/aromatic N) is 5. The van der Waals surface area contributed by atoms with Crippen LogP contribution in [0.4, 0.5) is 0 Å². The van der Waals surface area contributed by atoms with Crippen LogP contribution in [0.2, 0.25) is 0 Å². The van der Waals surface area contributed by atoms with E-state index in [0.717, 1.165) is 55.6 Å². The highest BCUT2D eigenvalue weighted by Gasteiger charge is 2.19. The maximum absolute atomic E-state index is 6.43. The Labute approximate surface area is 299 Å². The molecule has 0 spiro atoms. The van der Waals surface area contributed by atoms with Crippen LogP contribution in [0.3, 0.4) is 0 Å². The Morgan fingerprint density at radius 2 is 0.923 bits per heavy atom. The third kappa shape index (κ3) is 5.13. The van der Waals surface area contributed by atoms with Crippen LogP contribution in [0.15, 0.2) is 180 Å². The number of hydrogen-bond acceptors (Lipinski definition) is 5. The molecule has 0 aliphatic heterocycles. The van der Waals surface area contributed by atoms with Crippen molar-refractivity contribution < 1.29 is 4.42 Å². The molecule has 0 saturated heterocycles. The molecule has 0 aliphatic rings. The molecule has 0 saturated carbocycles.